The minimum absolute atomic E-state index is 0.108. The molecule has 2 atom stereocenters. The fourth-order valence-corrected chi connectivity index (χ4v) is 3.80. The van der Waals surface area contributed by atoms with Gasteiger partial charge in [0.25, 0.3) is 5.91 Å². The SMILES string of the molecule is CCO[C@H]1CN(c2cc[nH]c(=O)c2)CC[C@H]1NC(=O)C1=NC(Cl)=C(CC)C1. The monoisotopic (exact) mass is 392 g/mol. The van der Waals surface area contributed by atoms with Crippen molar-refractivity contribution < 1.29 is 9.53 Å². The first kappa shape index (κ1) is 19.6. The van der Waals surface area contributed by atoms with E-state index >= 15 is 0 Å². The number of rotatable bonds is 6. The Morgan fingerprint density at radius 2 is 2.30 bits per heavy atom. The van der Waals surface area contributed by atoms with Crippen molar-refractivity contribution in [3.8, 4) is 0 Å². The second kappa shape index (κ2) is 8.71. The molecule has 0 bridgehead atoms. The summed E-state index contributed by atoms with van der Waals surface area (Å²) >= 11 is 6.09. The normalized spacial score (nSPS) is 22.8. The number of carbonyl (C=O) groups is 1. The number of hydrogen-bond acceptors (Lipinski definition) is 5. The zero-order chi connectivity index (χ0) is 19.4. The van der Waals surface area contributed by atoms with E-state index in [4.69, 9.17) is 16.3 Å². The van der Waals surface area contributed by atoms with Crippen LogP contribution in [0.5, 0.6) is 0 Å². The number of amides is 1. The highest BCUT2D eigenvalue weighted by Crippen LogP contribution is 2.26. The van der Waals surface area contributed by atoms with Gasteiger partial charge in [-0.25, -0.2) is 4.99 Å². The minimum Gasteiger partial charge on any atom is -0.375 e. The summed E-state index contributed by atoms with van der Waals surface area (Å²) in [4.78, 5) is 33.1. The van der Waals surface area contributed by atoms with E-state index in [-0.39, 0.29) is 23.6 Å². The maximum absolute atomic E-state index is 12.6. The first-order valence-electron chi connectivity index (χ1n) is 9.33. The van der Waals surface area contributed by atoms with Gasteiger partial charge in [-0.05, 0) is 31.4 Å². The van der Waals surface area contributed by atoms with Gasteiger partial charge in [0.05, 0.1) is 12.1 Å². The Morgan fingerprint density at radius 1 is 1.48 bits per heavy atom. The van der Waals surface area contributed by atoms with Crippen LogP contribution in [-0.4, -0.2) is 48.4 Å². The summed E-state index contributed by atoms with van der Waals surface area (Å²) < 4.78 is 5.89. The molecule has 3 rings (SSSR count). The summed E-state index contributed by atoms with van der Waals surface area (Å²) in [6.45, 7) is 5.82. The van der Waals surface area contributed by atoms with Gasteiger partial charge in [0, 0.05) is 44.1 Å². The van der Waals surface area contributed by atoms with Crippen LogP contribution in [0, 0.1) is 0 Å². The number of H-pyrrole nitrogens is 1. The summed E-state index contributed by atoms with van der Waals surface area (Å²) in [6.07, 6.45) is 3.49. The molecule has 1 aromatic heterocycles. The number of piperidine rings is 1. The van der Waals surface area contributed by atoms with E-state index in [2.05, 4.69) is 20.2 Å². The van der Waals surface area contributed by atoms with Crippen molar-refractivity contribution in [2.75, 3.05) is 24.6 Å². The van der Waals surface area contributed by atoms with E-state index in [1.807, 2.05) is 19.9 Å². The summed E-state index contributed by atoms with van der Waals surface area (Å²) in [6, 6.07) is 3.34. The molecule has 7 nitrogen and oxygen atoms in total. The van der Waals surface area contributed by atoms with Gasteiger partial charge in [-0.15, -0.1) is 0 Å². The number of halogens is 1. The van der Waals surface area contributed by atoms with Crippen molar-refractivity contribution in [1.82, 2.24) is 10.3 Å². The second-order valence-corrected chi connectivity index (χ2v) is 7.06. The fraction of sp³-hybridized carbons (Fsp3) is 0.526. The predicted molar refractivity (Wildman–Crippen MR) is 106 cm³/mol. The molecule has 0 aromatic carbocycles. The lowest BCUT2D eigenvalue weighted by Crippen LogP contribution is -2.56. The van der Waals surface area contributed by atoms with Crippen LogP contribution >= 0.6 is 11.6 Å². The zero-order valence-corrected chi connectivity index (χ0v) is 16.4. The van der Waals surface area contributed by atoms with E-state index in [0.717, 1.165) is 30.6 Å². The number of nitrogens with zero attached hydrogens (tertiary/aromatic N) is 2. The van der Waals surface area contributed by atoms with Crippen LogP contribution in [0.3, 0.4) is 0 Å². The average molecular weight is 393 g/mol. The summed E-state index contributed by atoms with van der Waals surface area (Å²) in [5, 5.41) is 3.51. The molecule has 1 amide bonds. The largest absolute Gasteiger partial charge is 0.375 e. The van der Waals surface area contributed by atoms with Crippen molar-refractivity contribution >= 4 is 28.9 Å². The molecule has 1 fully saturated rings. The Kier molecular flexibility index (Phi) is 6.34. The van der Waals surface area contributed by atoms with Crippen molar-refractivity contribution in [3.05, 3.63) is 39.4 Å². The zero-order valence-electron chi connectivity index (χ0n) is 15.6. The van der Waals surface area contributed by atoms with Gasteiger partial charge in [-0.1, -0.05) is 18.5 Å². The van der Waals surface area contributed by atoms with Gasteiger partial charge in [0.15, 0.2) is 0 Å². The van der Waals surface area contributed by atoms with Crippen LogP contribution in [0.25, 0.3) is 0 Å². The van der Waals surface area contributed by atoms with E-state index in [9.17, 15) is 9.59 Å². The van der Waals surface area contributed by atoms with E-state index in [1.165, 1.54) is 0 Å². The molecule has 1 aromatic rings. The molecule has 2 N–H and O–H groups in total. The third-order valence-corrected chi connectivity index (χ3v) is 5.33. The van der Waals surface area contributed by atoms with Crippen LogP contribution in [0.15, 0.2) is 38.8 Å². The molecule has 27 heavy (non-hydrogen) atoms. The molecule has 0 radical (unpaired) electrons. The minimum atomic E-state index is -0.184. The molecular formula is C19H25ClN4O3. The van der Waals surface area contributed by atoms with Gasteiger partial charge in [0.2, 0.25) is 5.56 Å². The van der Waals surface area contributed by atoms with Gasteiger partial charge >= 0.3 is 0 Å². The highest BCUT2D eigenvalue weighted by molar-refractivity contribution is 6.43. The molecule has 0 spiro atoms. The summed E-state index contributed by atoms with van der Waals surface area (Å²) in [5.74, 6) is -0.184. The lowest BCUT2D eigenvalue weighted by Gasteiger charge is -2.39. The van der Waals surface area contributed by atoms with Crippen LogP contribution in [-0.2, 0) is 9.53 Å². The first-order chi connectivity index (χ1) is 13.0. The summed E-state index contributed by atoms with van der Waals surface area (Å²) in [7, 11) is 0. The molecule has 8 heteroatoms. The molecule has 0 unspecified atom stereocenters. The molecule has 0 saturated carbocycles. The van der Waals surface area contributed by atoms with Crippen LogP contribution in [0.4, 0.5) is 5.69 Å². The van der Waals surface area contributed by atoms with Crippen molar-refractivity contribution in [2.45, 2.75) is 45.3 Å². The molecule has 146 valence electrons. The standard InChI is InChI=1S/C19H25ClN4O3/c1-3-12-9-15(22-18(12)20)19(26)23-14-6-8-24(11-16(14)27-4-2)13-5-7-21-17(25)10-13/h5,7,10,14,16H,3-4,6,8-9,11H2,1-2H3,(H,21,25)(H,23,26)/t14-,16+/m1/s1. The van der Waals surface area contributed by atoms with Gasteiger partial charge in [-0.2, -0.15) is 0 Å². The van der Waals surface area contributed by atoms with Gasteiger partial charge in [0.1, 0.15) is 10.9 Å². The number of allylic oxidation sites excluding steroid dienone is 1. The number of aromatic amines is 1. The van der Waals surface area contributed by atoms with Crippen molar-refractivity contribution in [1.29, 1.82) is 0 Å². The number of ether oxygens (including phenoxy) is 1. The Hall–Kier alpha value is -2.12. The van der Waals surface area contributed by atoms with Crippen LogP contribution < -0.4 is 15.8 Å². The first-order valence-corrected chi connectivity index (χ1v) is 9.70. The lowest BCUT2D eigenvalue weighted by atomic mass is 10.00. The topological polar surface area (TPSA) is 86.8 Å². The number of pyridine rings is 1. The molecule has 0 aliphatic carbocycles. The van der Waals surface area contributed by atoms with Gasteiger partial charge in [-0.3, -0.25) is 9.59 Å². The van der Waals surface area contributed by atoms with Crippen molar-refractivity contribution in [2.24, 2.45) is 4.99 Å². The lowest BCUT2D eigenvalue weighted by molar-refractivity contribution is -0.117. The highest BCUT2D eigenvalue weighted by Gasteiger charge is 2.33. The van der Waals surface area contributed by atoms with E-state index in [0.29, 0.717) is 30.4 Å². The second-order valence-electron chi connectivity index (χ2n) is 6.70. The molecule has 1 saturated heterocycles. The fourth-order valence-electron chi connectivity index (χ4n) is 3.49. The van der Waals surface area contributed by atoms with Crippen LogP contribution in [0.2, 0.25) is 0 Å². The van der Waals surface area contributed by atoms with E-state index < -0.39 is 0 Å². The number of nitrogens with one attached hydrogen (secondary N) is 2. The number of hydrogen-bond donors (Lipinski definition) is 2. The Morgan fingerprint density at radius 3 is 2.96 bits per heavy atom. The number of carbonyl (C=O) groups excluding carboxylic acids is 1. The Labute approximate surface area is 163 Å². The molecule has 3 heterocycles. The smallest absolute Gasteiger partial charge is 0.266 e. The number of aliphatic imine (C=N–C) groups is 1. The maximum Gasteiger partial charge on any atom is 0.266 e. The van der Waals surface area contributed by atoms with Crippen LogP contribution in [0.1, 0.15) is 33.1 Å². The quantitative estimate of drug-likeness (QED) is 0.726. The molecule has 2 aliphatic heterocycles. The Bertz CT molecular complexity index is 817. The van der Waals surface area contributed by atoms with E-state index in [1.54, 1.807) is 12.3 Å². The van der Waals surface area contributed by atoms with Crippen molar-refractivity contribution in [3.63, 3.8) is 0 Å². The molecular weight excluding hydrogens is 368 g/mol. The number of aromatic nitrogens is 1. The highest BCUT2D eigenvalue weighted by atomic mass is 35.5. The summed E-state index contributed by atoms with van der Waals surface area (Å²) in [5.41, 5.74) is 2.18. The molecule has 2 aliphatic rings. The predicted octanol–water partition coefficient (Wildman–Crippen LogP) is 2.18. The third kappa shape index (κ3) is 4.59. The number of anilines is 1. The Balaban J connectivity index is 1.65. The average Bonchev–Trinajstić information content (AvgIpc) is 3.04. The van der Waals surface area contributed by atoms with Gasteiger partial charge < -0.3 is 19.9 Å². The third-order valence-electron chi connectivity index (χ3n) is 4.97. The maximum atomic E-state index is 12.6.